The second kappa shape index (κ2) is 7.66. The first-order valence-corrected chi connectivity index (χ1v) is 10.8. The summed E-state index contributed by atoms with van der Waals surface area (Å²) >= 11 is 0. The highest BCUT2D eigenvalue weighted by Gasteiger charge is 2.53. The van der Waals surface area contributed by atoms with Crippen molar-refractivity contribution in [1.82, 2.24) is 19.5 Å². The van der Waals surface area contributed by atoms with Crippen LogP contribution in [0, 0.1) is 0 Å². The predicted octanol–water partition coefficient (Wildman–Crippen LogP) is 1.49. The molecule has 1 N–H and O–H groups in total. The molecule has 4 rings (SSSR count). The Hall–Kier alpha value is -1.62. The van der Waals surface area contributed by atoms with Crippen molar-refractivity contribution in [2.24, 2.45) is 0 Å². The molecule has 2 saturated heterocycles. The van der Waals surface area contributed by atoms with Gasteiger partial charge in [0.2, 0.25) is 0 Å². The van der Waals surface area contributed by atoms with Gasteiger partial charge in [0.15, 0.2) is 23.2 Å². The molecule has 1 unspecified atom stereocenters. The van der Waals surface area contributed by atoms with Crippen LogP contribution in [0.4, 0.5) is 5.82 Å². The first-order valence-electron chi connectivity index (χ1n) is 9.34. The summed E-state index contributed by atoms with van der Waals surface area (Å²) in [6, 6.07) is 0. The van der Waals surface area contributed by atoms with Crippen LogP contribution in [0.15, 0.2) is 12.7 Å². The molecule has 0 aromatic carbocycles. The number of imidazole rings is 1. The fourth-order valence-electron chi connectivity index (χ4n) is 3.70. The molecule has 2 aromatic rings. The number of hydrogen-bond donors (Lipinski definition) is 1. The van der Waals surface area contributed by atoms with Gasteiger partial charge in [-0.05, 0) is 20.8 Å². The van der Waals surface area contributed by atoms with Crippen molar-refractivity contribution in [2.75, 3.05) is 31.2 Å². The highest BCUT2D eigenvalue weighted by molar-refractivity contribution is 7.47. The van der Waals surface area contributed by atoms with Crippen LogP contribution in [0.25, 0.3) is 11.2 Å². The smallest absolute Gasteiger partial charge is 0.371 e. The van der Waals surface area contributed by atoms with Gasteiger partial charge in [-0.25, -0.2) is 19.5 Å². The Morgan fingerprint density at radius 2 is 2.11 bits per heavy atom. The van der Waals surface area contributed by atoms with Crippen LogP contribution in [0.5, 0.6) is 0 Å². The molecular weight excluding hydrogens is 389 g/mol. The molecule has 4 heterocycles. The number of aromatic nitrogens is 4. The van der Waals surface area contributed by atoms with Crippen LogP contribution in [0.3, 0.4) is 0 Å². The molecule has 12 heteroatoms. The summed E-state index contributed by atoms with van der Waals surface area (Å²) < 4.78 is 35.7. The summed E-state index contributed by atoms with van der Waals surface area (Å²) in [7, 11) is -4.12. The fourth-order valence-corrected chi connectivity index (χ4v) is 4.65. The topological polar surface area (TPSA) is 121 Å². The van der Waals surface area contributed by atoms with Gasteiger partial charge in [0.25, 0.3) is 0 Å². The zero-order valence-electron chi connectivity index (χ0n) is 16.0. The number of hydrogen-bond acceptors (Lipinski definition) is 9. The molecule has 0 bridgehead atoms. The van der Waals surface area contributed by atoms with Gasteiger partial charge in [-0.15, -0.1) is 0 Å². The molecule has 0 amide bonds. The Labute approximate surface area is 162 Å². The van der Waals surface area contributed by atoms with E-state index in [-0.39, 0.29) is 6.61 Å². The zero-order chi connectivity index (χ0) is 19.9. The summed E-state index contributed by atoms with van der Waals surface area (Å²) in [6.45, 7) is 7.86. The third-order valence-electron chi connectivity index (χ3n) is 4.98. The van der Waals surface area contributed by atoms with E-state index in [4.69, 9.17) is 18.5 Å². The molecule has 11 nitrogen and oxygen atoms in total. The number of anilines is 1. The van der Waals surface area contributed by atoms with Crippen molar-refractivity contribution < 1.29 is 28.0 Å². The lowest BCUT2D eigenvalue weighted by atomic mass is 10.1. The Kier molecular flexibility index (Phi) is 5.38. The number of nitrogens with zero attached hydrogens (tertiary/aromatic N) is 5. The van der Waals surface area contributed by atoms with Gasteiger partial charge in [0.1, 0.15) is 24.6 Å². The SMILES string of the molecule is CCO[C@@H]1[C@@H]2OP(=O)(O)OC[C@H]2O[C@H]1n1cnc2c(N(CC)CC)ncnc21. The standard InChI is InChI=1S/C16H24N5O6P/c1-4-20(5-2)14-11-15(18-8-17-14)21(9-19-11)16-13(24-6-3)12-10(26-16)7-25-28(22,23)27-12/h8-10,12-13,16H,4-7H2,1-3H3,(H,22,23)/t10-,12-,13-,16-/m1/s1. The lowest BCUT2D eigenvalue weighted by Crippen LogP contribution is -2.40. The van der Waals surface area contributed by atoms with Crippen LogP contribution in [-0.2, 0) is 23.1 Å². The van der Waals surface area contributed by atoms with Crippen LogP contribution in [0.2, 0.25) is 0 Å². The van der Waals surface area contributed by atoms with E-state index in [0.717, 1.165) is 18.9 Å². The van der Waals surface area contributed by atoms with E-state index in [2.05, 4.69) is 33.7 Å². The van der Waals surface area contributed by atoms with Gasteiger partial charge >= 0.3 is 7.82 Å². The average molecular weight is 413 g/mol. The minimum absolute atomic E-state index is 0.0508. The van der Waals surface area contributed by atoms with Crippen molar-refractivity contribution >= 4 is 24.8 Å². The second-order valence-corrected chi connectivity index (χ2v) is 7.92. The number of phosphoric ester groups is 1. The third kappa shape index (κ3) is 3.32. The average Bonchev–Trinajstić information content (AvgIpc) is 3.24. The van der Waals surface area contributed by atoms with Gasteiger partial charge in [-0.1, -0.05) is 0 Å². The van der Waals surface area contributed by atoms with Crippen molar-refractivity contribution in [3.8, 4) is 0 Å². The molecule has 2 aromatic heterocycles. The van der Waals surface area contributed by atoms with E-state index < -0.39 is 32.4 Å². The lowest BCUT2D eigenvalue weighted by Gasteiger charge is -2.29. The zero-order valence-corrected chi connectivity index (χ0v) is 16.9. The lowest BCUT2D eigenvalue weighted by molar-refractivity contribution is -0.0676. The van der Waals surface area contributed by atoms with E-state index in [1.807, 2.05) is 6.92 Å². The van der Waals surface area contributed by atoms with Crippen molar-refractivity contribution in [1.29, 1.82) is 0 Å². The number of fused-ring (bicyclic) bond motifs is 2. The Morgan fingerprint density at radius 3 is 2.82 bits per heavy atom. The molecule has 2 fully saturated rings. The van der Waals surface area contributed by atoms with E-state index in [9.17, 15) is 9.46 Å². The Morgan fingerprint density at radius 1 is 1.32 bits per heavy atom. The summed E-state index contributed by atoms with van der Waals surface area (Å²) in [5.41, 5.74) is 1.25. The van der Waals surface area contributed by atoms with E-state index in [1.165, 1.54) is 6.33 Å². The summed E-state index contributed by atoms with van der Waals surface area (Å²) in [4.78, 5) is 25.1. The van der Waals surface area contributed by atoms with Crippen molar-refractivity contribution in [2.45, 2.75) is 45.3 Å². The first-order chi connectivity index (χ1) is 13.5. The highest BCUT2D eigenvalue weighted by Crippen LogP contribution is 2.53. The van der Waals surface area contributed by atoms with Crippen LogP contribution >= 0.6 is 7.82 Å². The van der Waals surface area contributed by atoms with Crippen molar-refractivity contribution in [3.05, 3.63) is 12.7 Å². The monoisotopic (exact) mass is 413 g/mol. The summed E-state index contributed by atoms with van der Waals surface area (Å²) in [6.07, 6.45) is 0.630. The van der Waals surface area contributed by atoms with Gasteiger partial charge in [0, 0.05) is 19.7 Å². The first kappa shape index (κ1) is 19.7. The highest BCUT2D eigenvalue weighted by atomic mass is 31.2. The normalized spacial score (nSPS) is 32.6. The Balaban J connectivity index is 1.73. The number of ether oxygens (including phenoxy) is 2. The number of phosphoric acid groups is 1. The van der Waals surface area contributed by atoms with E-state index in [1.54, 1.807) is 10.9 Å². The van der Waals surface area contributed by atoms with E-state index in [0.29, 0.717) is 17.8 Å². The molecule has 0 spiro atoms. The maximum absolute atomic E-state index is 11.9. The summed E-state index contributed by atoms with van der Waals surface area (Å²) in [5.74, 6) is 0.747. The summed E-state index contributed by atoms with van der Waals surface area (Å²) in [5, 5.41) is 0. The molecule has 0 saturated carbocycles. The van der Waals surface area contributed by atoms with Gasteiger partial charge in [-0.2, -0.15) is 0 Å². The Bertz CT molecular complexity index is 890. The van der Waals surface area contributed by atoms with E-state index >= 15 is 0 Å². The molecule has 154 valence electrons. The molecular formula is C16H24N5O6P. The van der Waals surface area contributed by atoms with Crippen molar-refractivity contribution in [3.63, 3.8) is 0 Å². The second-order valence-electron chi connectivity index (χ2n) is 6.51. The molecule has 0 radical (unpaired) electrons. The quantitative estimate of drug-likeness (QED) is 0.697. The van der Waals surface area contributed by atoms with Gasteiger partial charge < -0.3 is 19.3 Å². The van der Waals surface area contributed by atoms with Gasteiger partial charge in [0.05, 0.1) is 12.9 Å². The predicted molar refractivity (Wildman–Crippen MR) is 98.9 cm³/mol. The molecule has 5 atom stereocenters. The fraction of sp³-hybridized carbons (Fsp3) is 0.688. The van der Waals surface area contributed by atoms with Crippen LogP contribution in [0.1, 0.15) is 27.0 Å². The molecule has 2 aliphatic heterocycles. The van der Waals surface area contributed by atoms with Gasteiger partial charge in [-0.3, -0.25) is 13.6 Å². The minimum atomic E-state index is -4.12. The largest absolute Gasteiger partial charge is 0.472 e. The molecule has 28 heavy (non-hydrogen) atoms. The van der Waals surface area contributed by atoms with Crippen LogP contribution < -0.4 is 4.90 Å². The third-order valence-corrected chi connectivity index (χ3v) is 5.96. The molecule has 0 aliphatic carbocycles. The number of rotatable bonds is 6. The van der Waals surface area contributed by atoms with Crippen LogP contribution in [-0.4, -0.2) is 69.0 Å². The maximum Gasteiger partial charge on any atom is 0.472 e. The maximum atomic E-state index is 11.9. The minimum Gasteiger partial charge on any atom is -0.371 e. The molecule has 2 aliphatic rings.